The summed E-state index contributed by atoms with van der Waals surface area (Å²) in [6.45, 7) is -1.12. The van der Waals surface area contributed by atoms with Gasteiger partial charge in [-0.3, -0.25) is 4.90 Å². The zero-order valence-electron chi connectivity index (χ0n) is 9.54. The summed E-state index contributed by atoms with van der Waals surface area (Å²) < 4.78 is 40.2. The lowest BCUT2D eigenvalue weighted by atomic mass is 10.1. The number of likely N-dealkylation sites (tertiary alicyclic amines) is 1. The Kier molecular flexibility index (Phi) is 3.49. The number of ether oxygens (including phenoxy) is 1. The molecule has 0 bridgehead atoms. The van der Waals surface area contributed by atoms with Gasteiger partial charge in [0, 0.05) is 18.4 Å². The van der Waals surface area contributed by atoms with Crippen molar-refractivity contribution in [2.45, 2.75) is 25.1 Å². The van der Waals surface area contributed by atoms with Crippen molar-refractivity contribution >= 4 is 6.09 Å². The molecule has 2 heterocycles. The van der Waals surface area contributed by atoms with E-state index < -0.39 is 18.9 Å². The molecule has 1 amide bonds. The maximum atomic E-state index is 12.0. The predicted molar refractivity (Wildman–Crippen MR) is 56.9 cm³/mol. The maximum absolute atomic E-state index is 12.0. The summed E-state index contributed by atoms with van der Waals surface area (Å²) in [7, 11) is 0. The van der Waals surface area contributed by atoms with Crippen LogP contribution < -0.4 is 0 Å². The van der Waals surface area contributed by atoms with Gasteiger partial charge in [0.1, 0.15) is 0 Å². The van der Waals surface area contributed by atoms with Crippen molar-refractivity contribution in [1.82, 2.24) is 9.88 Å². The molecule has 1 unspecified atom stereocenters. The highest BCUT2D eigenvalue weighted by atomic mass is 19.4. The number of halogens is 3. The third-order valence-electron chi connectivity index (χ3n) is 2.83. The molecule has 1 aromatic rings. The zero-order chi connectivity index (χ0) is 13.2. The molecule has 0 saturated carbocycles. The van der Waals surface area contributed by atoms with Gasteiger partial charge in [0.2, 0.25) is 0 Å². The number of carbonyl (C=O) groups is 1. The summed E-state index contributed by atoms with van der Waals surface area (Å²) in [5.41, 5.74) is 0.816. The highest BCUT2D eigenvalue weighted by Crippen LogP contribution is 2.31. The van der Waals surface area contributed by atoms with Crippen LogP contribution in [0.25, 0.3) is 0 Å². The molecule has 1 saturated heterocycles. The van der Waals surface area contributed by atoms with Gasteiger partial charge in [0.25, 0.3) is 0 Å². The van der Waals surface area contributed by atoms with Crippen molar-refractivity contribution in [3.8, 4) is 0 Å². The molecule has 18 heavy (non-hydrogen) atoms. The van der Waals surface area contributed by atoms with Crippen molar-refractivity contribution in [3.05, 3.63) is 24.0 Å². The monoisotopic (exact) mass is 262 g/mol. The van der Waals surface area contributed by atoms with Gasteiger partial charge in [-0.2, -0.15) is 13.2 Å². The average molecular weight is 262 g/mol. The predicted octanol–water partition coefficient (Wildman–Crippen LogP) is 2.85. The molecule has 100 valence electrons. The number of nitrogens with zero attached hydrogens (tertiary/aromatic N) is 1. The van der Waals surface area contributed by atoms with E-state index in [9.17, 15) is 18.0 Å². The molecule has 1 N–H and O–H groups in total. The maximum Gasteiger partial charge on any atom is 0.422 e. The van der Waals surface area contributed by atoms with Crippen LogP contribution >= 0.6 is 0 Å². The molecule has 1 fully saturated rings. The van der Waals surface area contributed by atoms with E-state index in [1.807, 2.05) is 0 Å². The Morgan fingerprint density at radius 3 is 2.94 bits per heavy atom. The van der Waals surface area contributed by atoms with E-state index in [-0.39, 0.29) is 6.04 Å². The summed E-state index contributed by atoms with van der Waals surface area (Å²) in [5, 5.41) is 0. The van der Waals surface area contributed by atoms with Crippen LogP contribution in [0.4, 0.5) is 18.0 Å². The third-order valence-corrected chi connectivity index (χ3v) is 2.83. The van der Waals surface area contributed by atoms with E-state index in [1.54, 1.807) is 18.3 Å². The second-order valence-corrected chi connectivity index (χ2v) is 4.15. The number of amides is 1. The molecule has 2 rings (SSSR count). The normalized spacial score (nSPS) is 20.2. The Labute approximate surface area is 102 Å². The second kappa shape index (κ2) is 4.91. The number of H-pyrrole nitrogens is 1. The molecular weight excluding hydrogens is 249 g/mol. The van der Waals surface area contributed by atoms with E-state index in [4.69, 9.17) is 0 Å². The minimum Gasteiger partial charge on any atom is -0.440 e. The minimum absolute atomic E-state index is 0.222. The first-order chi connectivity index (χ1) is 8.47. The molecule has 1 aromatic heterocycles. The number of aromatic amines is 1. The van der Waals surface area contributed by atoms with E-state index in [2.05, 4.69) is 9.72 Å². The van der Waals surface area contributed by atoms with Crippen LogP contribution in [-0.2, 0) is 4.74 Å². The summed E-state index contributed by atoms with van der Waals surface area (Å²) >= 11 is 0. The molecule has 0 radical (unpaired) electrons. The minimum atomic E-state index is -4.49. The Hall–Kier alpha value is -1.66. The van der Waals surface area contributed by atoms with Crippen molar-refractivity contribution < 1.29 is 22.7 Å². The van der Waals surface area contributed by atoms with E-state index >= 15 is 0 Å². The molecule has 1 aliphatic heterocycles. The van der Waals surface area contributed by atoms with Crippen LogP contribution in [0.1, 0.15) is 24.6 Å². The molecule has 0 aromatic carbocycles. The van der Waals surface area contributed by atoms with Gasteiger partial charge >= 0.3 is 12.3 Å². The number of alkyl halides is 3. The van der Waals surface area contributed by atoms with Crippen molar-refractivity contribution in [1.29, 1.82) is 0 Å². The van der Waals surface area contributed by atoms with E-state index in [0.29, 0.717) is 6.54 Å². The Morgan fingerprint density at radius 2 is 2.33 bits per heavy atom. The number of hydrogen-bond acceptors (Lipinski definition) is 2. The third kappa shape index (κ3) is 2.96. The molecule has 4 nitrogen and oxygen atoms in total. The fraction of sp³-hybridized carbons (Fsp3) is 0.545. The highest BCUT2D eigenvalue weighted by Gasteiger charge is 2.35. The first-order valence-corrected chi connectivity index (χ1v) is 5.61. The average Bonchev–Trinajstić information content (AvgIpc) is 2.94. The summed E-state index contributed by atoms with van der Waals surface area (Å²) in [4.78, 5) is 15.9. The van der Waals surface area contributed by atoms with Crippen LogP contribution in [-0.4, -0.2) is 35.3 Å². The van der Waals surface area contributed by atoms with E-state index in [0.717, 1.165) is 18.5 Å². The van der Waals surface area contributed by atoms with Gasteiger partial charge in [-0.1, -0.05) is 0 Å². The summed E-state index contributed by atoms with van der Waals surface area (Å²) in [5.74, 6) is 0. The van der Waals surface area contributed by atoms with Crippen molar-refractivity contribution in [2.24, 2.45) is 0 Å². The van der Waals surface area contributed by atoms with Crippen LogP contribution in [0.5, 0.6) is 0 Å². The number of aromatic nitrogens is 1. The molecule has 1 atom stereocenters. The highest BCUT2D eigenvalue weighted by molar-refractivity contribution is 5.68. The number of rotatable bonds is 2. The Morgan fingerprint density at radius 1 is 1.56 bits per heavy atom. The van der Waals surface area contributed by atoms with E-state index in [1.165, 1.54) is 4.90 Å². The van der Waals surface area contributed by atoms with Gasteiger partial charge in [-0.25, -0.2) is 4.79 Å². The van der Waals surface area contributed by atoms with Crippen LogP contribution in [0, 0.1) is 0 Å². The number of carbonyl (C=O) groups excluding carboxylic acids is 1. The first-order valence-electron chi connectivity index (χ1n) is 5.61. The molecule has 1 aliphatic rings. The van der Waals surface area contributed by atoms with Gasteiger partial charge in [-0.05, 0) is 25.0 Å². The summed E-state index contributed by atoms with van der Waals surface area (Å²) in [6.07, 6.45) is -2.21. The van der Waals surface area contributed by atoms with Crippen LogP contribution in [0.15, 0.2) is 18.3 Å². The molecule has 0 aliphatic carbocycles. The van der Waals surface area contributed by atoms with Crippen LogP contribution in [0.3, 0.4) is 0 Å². The smallest absolute Gasteiger partial charge is 0.422 e. The second-order valence-electron chi connectivity index (χ2n) is 4.15. The Bertz CT molecular complexity index is 403. The summed E-state index contributed by atoms with van der Waals surface area (Å²) in [6, 6.07) is 3.37. The molecule has 7 heteroatoms. The van der Waals surface area contributed by atoms with Crippen LogP contribution in [0.2, 0.25) is 0 Å². The lowest BCUT2D eigenvalue weighted by molar-refractivity contribution is -0.162. The topological polar surface area (TPSA) is 45.3 Å². The van der Waals surface area contributed by atoms with Gasteiger partial charge < -0.3 is 9.72 Å². The molecular formula is C11H13F3N2O2. The molecule has 0 spiro atoms. The van der Waals surface area contributed by atoms with Crippen molar-refractivity contribution in [2.75, 3.05) is 13.2 Å². The SMILES string of the molecule is O=C(OCC(F)(F)F)N1CCCC1c1ccc[nH]1. The fourth-order valence-electron chi connectivity index (χ4n) is 2.09. The quantitative estimate of drug-likeness (QED) is 0.890. The first kappa shape index (κ1) is 12.8. The zero-order valence-corrected chi connectivity index (χ0v) is 9.54. The number of nitrogens with one attached hydrogen (secondary N) is 1. The fourth-order valence-corrected chi connectivity index (χ4v) is 2.09. The lowest BCUT2D eigenvalue weighted by Crippen LogP contribution is -2.33. The van der Waals surface area contributed by atoms with Gasteiger partial charge in [0.15, 0.2) is 6.61 Å². The van der Waals surface area contributed by atoms with Gasteiger partial charge in [0.05, 0.1) is 6.04 Å². The lowest BCUT2D eigenvalue weighted by Gasteiger charge is -2.23. The van der Waals surface area contributed by atoms with Gasteiger partial charge in [-0.15, -0.1) is 0 Å². The van der Waals surface area contributed by atoms with Crippen molar-refractivity contribution in [3.63, 3.8) is 0 Å². The number of hydrogen-bond donors (Lipinski definition) is 1. The standard InChI is InChI=1S/C11H13F3N2O2/c12-11(13,14)7-18-10(17)16-6-2-4-9(16)8-3-1-5-15-8/h1,3,5,9,15H,2,4,6-7H2. The largest absolute Gasteiger partial charge is 0.440 e. The Balaban J connectivity index is 1.97.